The number of nitrogens with two attached hydrogens (primary N) is 1. The van der Waals surface area contributed by atoms with Crippen molar-refractivity contribution in [3.8, 4) is 5.75 Å². The number of aryl methyl sites for hydroxylation is 1. The number of hydrogen-bond acceptors (Lipinski definition) is 5. The van der Waals surface area contributed by atoms with Gasteiger partial charge in [0.15, 0.2) is 5.69 Å². The molecule has 3 N–H and O–H groups in total. The van der Waals surface area contributed by atoms with Crippen LogP contribution in [0, 0.1) is 6.92 Å². The number of nitrogens with one attached hydrogen (secondary N) is 1. The van der Waals surface area contributed by atoms with Crippen molar-refractivity contribution in [2.75, 3.05) is 11.9 Å². The number of aromatic nitrogens is 1. The van der Waals surface area contributed by atoms with E-state index in [0.29, 0.717) is 17.2 Å². The van der Waals surface area contributed by atoms with Crippen molar-refractivity contribution >= 4 is 28.8 Å². The number of hydrogen-bond donors (Lipinski definition) is 2. The van der Waals surface area contributed by atoms with Gasteiger partial charge in [-0.1, -0.05) is 29.5 Å². The van der Waals surface area contributed by atoms with Crippen LogP contribution in [0.15, 0.2) is 34.9 Å². The molecule has 1 aromatic carbocycles. The standard InChI is InChI=1S/C13H13N3O3S/c1-8-6-10(16-19-8)13(17)15-9-4-2-3-5-11(9)18-7-12(14)20/h2-6H,7H2,1H3,(H2,14,20)(H,15,17). The van der Waals surface area contributed by atoms with Gasteiger partial charge in [-0.25, -0.2) is 0 Å². The smallest absolute Gasteiger partial charge is 0.277 e. The Hall–Kier alpha value is -2.41. The zero-order chi connectivity index (χ0) is 14.5. The van der Waals surface area contributed by atoms with Crippen LogP contribution in [-0.2, 0) is 0 Å². The van der Waals surface area contributed by atoms with Gasteiger partial charge >= 0.3 is 0 Å². The Morgan fingerprint density at radius 1 is 1.50 bits per heavy atom. The summed E-state index contributed by atoms with van der Waals surface area (Å²) in [6, 6.07) is 8.53. The fourth-order valence-corrected chi connectivity index (χ4v) is 1.56. The van der Waals surface area contributed by atoms with E-state index in [1.807, 2.05) is 0 Å². The van der Waals surface area contributed by atoms with Crippen LogP contribution in [0.1, 0.15) is 16.2 Å². The van der Waals surface area contributed by atoms with Gasteiger partial charge in [-0.3, -0.25) is 4.79 Å². The number of benzene rings is 1. The van der Waals surface area contributed by atoms with Gasteiger partial charge in [-0.05, 0) is 19.1 Å². The van der Waals surface area contributed by atoms with Gasteiger partial charge in [0.2, 0.25) is 0 Å². The van der Waals surface area contributed by atoms with Crippen molar-refractivity contribution in [3.05, 3.63) is 41.8 Å². The summed E-state index contributed by atoms with van der Waals surface area (Å²) >= 11 is 4.75. The highest BCUT2D eigenvalue weighted by molar-refractivity contribution is 7.80. The monoisotopic (exact) mass is 291 g/mol. The van der Waals surface area contributed by atoms with Gasteiger partial charge in [0.05, 0.1) is 5.69 Å². The minimum Gasteiger partial charge on any atom is -0.484 e. The van der Waals surface area contributed by atoms with E-state index in [1.165, 1.54) is 0 Å². The second-order valence-electron chi connectivity index (χ2n) is 4.03. The zero-order valence-corrected chi connectivity index (χ0v) is 11.6. The molecule has 0 fully saturated rings. The van der Waals surface area contributed by atoms with E-state index in [9.17, 15) is 4.79 Å². The van der Waals surface area contributed by atoms with Crippen LogP contribution in [0.2, 0.25) is 0 Å². The lowest BCUT2D eigenvalue weighted by Crippen LogP contribution is -2.19. The maximum Gasteiger partial charge on any atom is 0.277 e. The first-order valence-corrected chi connectivity index (χ1v) is 6.22. The van der Waals surface area contributed by atoms with E-state index in [2.05, 4.69) is 10.5 Å². The first-order chi connectivity index (χ1) is 9.56. The van der Waals surface area contributed by atoms with Crippen LogP contribution in [0.3, 0.4) is 0 Å². The molecule has 0 atom stereocenters. The molecule has 6 nitrogen and oxygen atoms in total. The predicted molar refractivity (Wildman–Crippen MR) is 77.9 cm³/mol. The van der Waals surface area contributed by atoms with E-state index in [-0.39, 0.29) is 23.2 Å². The van der Waals surface area contributed by atoms with Crippen molar-refractivity contribution < 1.29 is 14.1 Å². The number of rotatable bonds is 5. The third-order valence-corrected chi connectivity index (χ3v) is 2.48. The molecule has 1 aromatic heterocycles. The Bertz CT molecular complexity index is 639. The maximum absolute atomic E-state index is 12.0. The van der Waals surface area contributed by atoms with Crippen molar-refractivity contribution in [1.82, 2.24) is 5.16 Å². The third kappa shape index (κ3) is 3.55. The molecule has 0 unspecified atom stereocenters. The van der Waals surface area contributed by atoms with Crippen LogP contribution in [0.5, 0.6) is 5.75 Å². The molecule has 0 aliphatic heterocycles. The van der Waals surface area contributed by atoms with Crippen LogP contribution < -0.4 is 15.8 Å². The molecule has 0 aliphatic carbocycles. The molecule has 7 heteroatoms. The highest BCUT2D eigenvalue weighted by Crippen LogP contribution is 2.24. The zero-order valence-electron chi connectivity index (χ0n) is 10.8. The Labute approximate surface area is 120 Å². The number of anilines is 1. The lowest BCUT2D eigenvalue weighted by molar-refractivity contribution is 0.101. The van der Waals surface area contributed by atoms with E-state index < -0.39 is 0 Å². The van der Waals surface area contributed by atoms with Crippen LogP contribution in [0.25, 0.3) is 0 Å². The minimum absolute atomic E-state index is 0.102. The molecule has 104 valence electrons. The summed E-state index contributed by atoms with van der Waals surface area (Å²) in [4.78, 5) is 12.2. The molecule has 1 heterocycles. The van der Waals surface area contributed by atoms with E-state index in [4.69, 9.17) is 27.2 Å². The number of amides is 1. The molecular formula is C13H13N3O3S. The van der Waals surface area contributed by atoms with Gasteiger partial charge in [0.1, 0.15) is 23.1 Å². The Morgan fingerprint density at radius 2 is 2.25 bits per heavy atom. The van der Waals surface area contributed by atoms with Crippen molar-refractivity contribution in [1.29, 1.82) is 0 Å². The largest absolute Gasteiger partial charge is 0.484 e. The van der Waals surface area contributed by atoms with Crippen LogP contribution in [0.4, 0.5) is 5.69 Å². The molecule has 0 spiro atoms. The van der Waals surface area contributed by atoms with E-state index >= 15 is 0 Å². The average molecular weight is 291 g/mol. The lowest BCUT2D eigenvalue weighted by Gasteiger charge is -2.11. The Kier molecular flexibility index (Phi) is 4.31. The summed E-state index contributed by atoms with van der Waals surface area (Å²) in [5.41, 5.74) is 6.09. The number of ether oxygens (including phenoxy) is 1. The minimum atomic E-state index is -0.381. The van der Waals surface area contributed by atoms with Gasteiger partial charge in [-0.2, -0.15) is 0 Å². The molecule has 2 rings (SSSR count). The number of carbonyl (C=O) groups excluding carboxylic acids is 1. The lowest BCUT2D eigenvalue weighted by atomic mass is 10.2. The highest BCUT2D eigenvalue weighted by Gasteiger charge is 2.13. The summed E-state index contributed by atoms with van der Waals surface area (Å²) < 4.78 is 10.3. The molecule has 0 saturated carbocycles. The van der Waals surface area contributed by atoms with Gasteiger partial charge < -0.3 is 20.3 Å². The van der Waals surface area contributed by atoms with Crippen molar-refractivity contribution in [2.45, 2.75) is 6.92 Å². The van der Waals surface area contributed by atoms with Gasteiger partial charge in [0.25, 0.3) is 5.91 Å². The Balaban J connectivity index is 2.12. The molecule has 1 amide bonds. The summed E-state index contributed by atoms with van der Waals surface area (Å²) in [6.07, 6.45) is 0. The maximum atomic E-state index is 12.0. The van der Waals surface area contributed by atoms with Crippen molar-refractivity contribution in [3.63, 3.8) is 0 Å². The SMILES string of the molecule is Cc1cc(C(=O)Nc2ccccc2OCC(N)=S)no1. The fraction of sp³-hybridized carbons (Fsp3) is 0.154. The topological polar surface area (TPSA) is 90.4 Å². The van der Waals surface area contributed by atoms with Crippen LogP contribution in [-0.4, -0.2) is 22.7 Å². The molecule has 2 aromatic rings. The normalized spacial score (nSPS) is 10.1. The quantitative estimate of drug-likeness (QED) is 0.818. The highest BCUT2D eigenvalue weighted by atomic mass is 32.1. The number of nitrogens with zero attached hydrogens (tertiary/aromatic N) is 1. The van der Waals surface area contributed by atoms with Gasteiger partial charge in [0, 0.05) is 6.07 Å². The number of carbonyl (C=O) groups is 1. The molecule has 0 radical (unpaired) electrons. The number of thiocarbonyl (C=S) groups is 1. The second kappa shape index (κ2) is 6.16. The van der Waals surface area contributed by atoms with E-state index in [0.717, 1.165) is 0 Å². The van der Waals surface area contributed by atoms with Gasteiger partial charge in [-0.15, -0.1) is 0 Å². The number of para-hydroxylation sites is 2. The van der Waals surface area contributed by atoms with Crippen molar-refractivity contribution in [2.24, 2.45) is 5.73 Å². The summed E-state index contributed by atoms with van der Waals surface area (Å²) in [5.74, 6) is 0.662. The molecule has 0 aliphatic rings. The molecular weight excluding hydrogens is 278 g/mol. The first kappa shape index (κ1) is 14.0. The summed E-state index contributed by atoms with van der Waals surface area (Å²) in [7, 11) is 0. The molecule has 20 heavy (non-hydrogen) atoms. The second-order valence-corrected chi connectivity index (χ2v) is 4.55. The molecule has 0 bridgehead atoms. The Morgan fingerprint density at radius 3 is 2.90 bits per heavy atom. The fourth-order valence-electron chi connectivity index (χ4n) is 1.50. The predicted octanol–water partition coefficient (Wildman–Crippen LogP) is 1.90. The first-order valence-electron chi connectivity index (χ1n) is 5.81. The third-order valence-electron chi connectivity index (χ3n) is 2.37. The molecule has 0 saturated heterocycles. The summed E-state index contributed by atoms with van der Waals surface area (Å²) in [5, 5.41) is 6.34. The van der Waals surface area contributed by atoms with E-state index in [1.54, 1.807) is 37.3 Å². The average Bonchev–Trinajstić information content (AvgIpc) is 2.84. The summed E-state index contributed by atoms with van der Waals surface area (Å²) in [6.45, 7) is 1.81. The van der Waals surface area contributed by atoms with Crippen LogP contribution >= 0.6 is 12.2 Å².